The lowest BCUT2D eigenvalue weighted by Crippen LogP contribution is -2.09. The molecule has 0 saturated carbocycles. The van der Waals surface area contributed by atoms with E-state index < -0.39 is 13.3 Å². The van der Waals surface area contributed by atoms with Crippen molar-refractivity contribution in [3.63, 3.8) is 0 Å². The molecule has 0 saturated heterocycles. The molecule has 0 spiro atoms. The minimum atomic E-state index is -3.30. The van der Waals surface area contributed by atoms with Gasteiger partial charge in [-0.05, 0) is 37.5 Å². The molecule has 0 heterocycles. The van der Waals surface area contributed by atoms with Gasteiger partial charge in [-0.25, -0.2) is 0 Å². The van der Waals surface area contributed by atoms with E-state index in [9.17, 15) is 4.57 Å². The lowest BCUT2D eigenvalue weighted by Gasteiger charge is -2.28. The summed E-state index contributed by atoms with van der Waals surface area (Å²) < 4.78 is 24.7. The first-order valence-electron chi connectivity index (χ1n) is 7.61. The fourth-order valence-corrected chi connectivity index (χ4v) is 4.87. The maximum absolute atomic E-state index is 13.4. The van der Waals surface area contributed by atoms with Crippen molar-refractivity contribution in [2.75, 3.05) is 13.2 Å². The Kier molecular flexibility index (Phi) is 5.96. The van der Waals surface area contributed by atoms with Crippen molar-refractivity contribution in [1.29, 1.82) is 0 Å². The predicted octanol–water partition coefficient (Wildman–Crippen LogP) is 5.35. The summed E-state index contributed by atoms with van der Waals surface area (Å²) in [6.45, 7) is 6.41. The fraction of sp³-hybridized carbons (Fsp3) is 0.333. The van der Waals surface area contributed by atoms with Gasteiger partial charge in [-0.3, -0.25) is 4.57 Å². The van der Waals surface area contributed by atoms with Gasteiger partial charge in [0.05, 0.1) is 13.2 Å². The van der Waals surface area contributed by atoms with Crippen LogP contribution in [0.1, 0.15) is 36.2 Å². The Bertz CT molecular complexity index is 630. The van der Waals surface area contributed by atoms with Crippen molar-refractivity contribution >= 4 is 7.60 Å². The maximum atomic E-state index is 13.4. The van der Waals surface area contributed by atoms with Gasteiger partial charge in [0.2, 0.25) is 0 Å². The molecule has 2 aromatic rings. The van der Waals surface area contributed by atoms with Crippen LogP contribution in [0.4, 0.5) is 0 Å². The van der Waals surface area contributed by atoms with Gasteiger partial charge in [0.1, 0.15) is 5.66 Å². The molecule has 2 aromatic carbocycles. The number of benzene rings is 2. The second-order valence-electron chi connectivity index (χ2n) is 5.05. The molecule has 1 atom stereocenters. The molecule has 22 heavy (non-hydrogen) atoms. The SMILES string of the molecule is CCOP(=O)(OCC)C(c1ccccc1)c1ccccc1C. The molecule has 1 unspecified atom stereocenters. The maximum Gasteiger partial charge on any atom is 0.342 e. The van der Waals surface area contributed by atoms with Crippen LogP contribution in [0.5, 0.6) is 0 Å². The van der Waals surface area contributed by atoms with Crippen molar-refractivity contribution < 1.29 is 13.6 Å². The molecule has 0 fully saturated rings. The van der Waals surface area contributed by atoms with E-state index in [-0.39, 0.29) is 0 Å². The molecule has 2 rings (SSSR count). The Balaban J connectivity index is 2.60. The Morgan fingerprint density at radius 1 is 0.909 bits per heavy atom. The molecular weight excluding hydrogens is 295 g/mol. The summed E-state index contributed by atoms with van der Waals surface area (Å²) in [5.41, 5.74) is 2.60. The molecule has 0 radical (unpaired) electrons. The smallest absolute Gasteiger partial charge is 0.308 e. The van der Waals surface area contributed by atoms with Gasteiger partial charge in [-0.15, -0.1) is 0 Å². The number of aryl methyl sites for hydroxylation is 1. The number of hydrogen-bond donors (Lipinski definition) is 0. The van der Waals surface area contributed by atoms with Gasteiger partial charge in [-0.1, -0.05) is 54.6 Å². The number of rotatable bonds is 7. The van der Waals surface area contributed by atoms with Gasteiger partial charge in [-0.2, -0.15) is 0 Å². The van der Waals surface area contributed by atoms with E-state index in [0.717, 1.165) is 16.7 Å². The molecule has 0 aliphatic carbocycles. The van der Waals surface area contributed by atoms with E-state index >= 15 is 0 Å². The molecule has 0 N–H and O–H groups in total. The first-order valence-corrected chi connectivity index (χ1v) is 9.22. The van der Waals surface area contributed by atoms with Crippen LogP contribution in [0.15, 0.2) is 54.6 Å². The van der Waals surface area contributed by atoms with Crippen LogP contribution in [0.3, 0.4) is 0 Å². The highest BCUT2D eigenvalue weighted by atomic mass is 31.2. The molecule has 0 aromatic heterocycles. The van der Waals surface area contributed by atoms with Gasteiger partial charge >= 0.3 is 7.60 Å². The largest absolute Gasteiger partial charge is 0.342 e. The Hall–Kier alpha value is -1.41. The third-order valence-electron chi connectivity index (χ3n) is 3.53. The lowest BCUT2D eigenvalue weighted by atomic mass is 10.0. The third kappa shape index (κ3) is 3.67. The summed E-state index contributed by atoms with van der Waals surface area (Å²) in [5, 5.41) is 0. The van der Waals surface area contributed by atoms with Crippen LogP contribution >= 0.6 is 7.60 Å². The van der Waals surface area contributed by atoms with Crippen molar-refractivity contribution in [3.8, 4) is 0 Å². The Labute approximate surface area is 132 Å². The van der Waals surface area contributed by atoms with E-state index in [1.807, 2.05) is 75.4 Å². The second kappa shape index (κ2) is 7.73. The predicted molar refractivity (Wildman–Crippen MR) is 90.3 cm³/mol. The van der Waals surface area contributed by atoms with E-state index in [1.54, 1.807) is 0 Å². The van der Waals surface area contributed by atoms with Gasteiger partial charge in [0.15, 0.2) is 0 Å². The first kappa shape index (κ1) is 17.0. The highest BCUT2D eigenvalue weighted by molar-refractivity contribution is 7.54. The van der Waals surface area contributed by atoms with Gasteiger partial charge < -0.3 is 9.05 Å². The molecule has 0 aliphatic heterocycles. The van der Waals surface area contributed by atoms with Crippen LogP contribution in [-0.2, 0) is 13.6 Å². The standard InChI is InChI=1S/C18H23O3P/c1-4-20-22(19,21-5-2)18(16-12-7-6-8-13-16)17-14-10-9-11-15(17)3/h6-14,18H,4-5H2,1-3H3. The zero-order valence-corrected chi connectivity index (χ0v) is 14.3. The molecule has 4 heteroatoms. The highest BCUT2D eigenvalue weighted by Gasteiger charge is 2.38. The quantitative estimate of drug-likeness (QED) is 0.645. The van der Waals surface area contributed by atoms with Crippen molar-refractivity contribution in [2.24, 2.45) is 0 Å². The molecule has 118 valence electrons. The summed E-state index contributed by atoms with van der Waals surface area (Å²) in [5.74, 6) is 0. The van der Waals surface area contributed by atoms with Crippen molar-refractivity contribution in [2.45, 2.75) is 26.4 Å². The molecule has 0 amide bonds. The van der Waals surface area contributed by atoms with Crippen molar-refractivity contribution in [1.82, 2.24) is 0 Å². The lowest BCUT2D eigenvalue weighted by molar-refractivity contribution is 0.215. The van der Waals surface area contributed by atoms with Gasteiger partial charge in [0.25, 0.3) is 0 Å². The Morgan fingerprint density at radius 3 is 2.00 bits per heavy atom. The average molecular weight is 318 g/mol. The van der Waals surface area contributed by atoms with E-state index in [4.69, 9.17) is 9.05 Å². The highest BCUT2D eigenvalue weighted by Crippen LogP contribution is 2.63. The normalized spacial score (nSPS) is 13.0. The fourth-order valence-electron chi connectivity index (χ4n) is 2.61. The minimum absolute atomic E-state index is 0.354. The summed E-state index contributed by atoms with van der Waals surface area (Å²) >= 11 is 0. The molecular formula is C18H23O3P. The zero-order chi connectivity index (χ0) is 16.0. The van der Waals surface area contributed by atoms with Crippen LogP contribution in [0.2, 0.25) is 0 Å². The van der Waals surface area contributed by atoms with E-state index in [2.05, 4.69) is 0 Å². The summed E-state index contributed by atoms with van der Waals surface area (Å²) in [4.78, 5) is 0. The summed E-state index contributed by atoms with van der Waals surface area (Å²) in [6, 6.07) is 17.7. The third-order valence-corrected chi connectivity index (χ3v) is 5.98. The van der Waals surface area contributed by atoms with E-state index in [1.165, 1.54) is 0 Å². The average Bonchev–Trinajstić information content (AvgIpc) is 2.51. The van der Waals surface area contributed by atoms with Crippen LogP contribution in [-0.4, -0.2) is 13.2 Å². The molecule has 0 aliphatic rings. The monoisotopic (exact) mass is 318 g/mol. The topological polar surface area (TPSA) is 35.5 Å². The Morgan fingerprint density at radius 2 is 1.45 bits per heavy atom. The molecule has 0 bridgehead atoms. The summed E-state index contributed by atoms with van der Waals surface area (Å²) in [7, 11) is -3.30. The van der Waals surface area contributed by atoms with Crippen molar-refractivity contribution in [3.05, 3.63) is 71.3 Å². The van der Waals surface area contributed by atoms with Gasteiger partial charge in [0, 0.05) is 0 Å². The molecule has 3 nitrogen and oxygen atoms in total. The minimum Gasteiger partial charge on any atom is -0.308 e. The van der Waals surface area contributed by atoms with Crippen LogP contribution < -0.4 is 0 Å². The van der Waals surface area contributed by atoms with Crippen LogP contribution in [0, 0.1) is 6.92 Å². The van der Waals surface area contributed by atoms with Crippen LogP contribution in [0.25, 0.3) is 0 Å². The zero-order valence-electron chi connectivity index (χ0n) is 13.4. The number of hydrogen-bond acceptors (Lipinski definition) is 3. The first-order chi connectivity index (χ1) is 10.6. The van der Waals surface area contributed by atoms with E-state index in [0.29, 0.717) is 13.2 Å². The second-order valence-corrected chi connectivity index (χ2v) is 7.16. The summed E-state index contributed by atoms with van der Waals surface area (Å²) in [6.07, 6.45) is 0.